The van der Waals surface area contributed by atoms with Crippen LogP contribution in [0.5, 0.6) is 0 Å². The number of fused-ring (bicyclic) bond motifs is 1. The first-order valence-corrected chi connectivity index (χ1v) is 13.1. The van der Waals surface area contributed by atoms with E-state index in [2.05, 4.69) is 5.32 Å². The van der Waals surface area contributed by atoms with Crippen molar-refractivity contribution < 1.29 is 54.2 Å². The molecule has 4 heterocycles. The summed E-state index contributed by atoms with van der Waals surface area (Å²) in [6.45, 7) is 3.75. The highest BCUT2D eigenvalue weighted by Crippen LogP contribution is 2.52. The molecule has 6 N–H and O–H groups in total. The number of carboxylic acid groups (broad SMARTS) is 1. The van der Waals surface area contributed by atoms with Crippen LogP contribution in [0.1, 0.15) is 20.3 Å². The number of aliphatic hydroxyl groups is 4. The SMILES string of the molecule is C[C@@H](O)[C@H]1C(=O)N2C(C(=O)OC3OC(C(=O)O)C(O)C(O)C3O)=C(S[C@@H]3CN[C@H](C(=O)N(C)C)C3)[C@H](C)[C@H]12. The number of carbonyl (C=O) groups is 4. The van der Waals surface area contributed by atoms with Crippen molar-refractivity contribution in [1.29, 1.82) is 0 Å². The lowest BCUT2D eigenvalue weighted by molar-refractivity contribution is -0.285. The molecule has 4 rings (SSSR count). The van der Waals surface area contributed by atoms with Crippen LogP contribution in [0.3, 0.4) is 0 Å². The minimum atomic E-state index is -1.97. The topological polar surface area (TPSA) is 206 Å². The van der Waals surface area contributed by atoms with Crippen molar-refractivity contribution in [2.45, 2.75) is 74.4 Å². The summed E-state index contributed by atoms with van der Waals surface area (Å²) in [6, 6.07) is -0.941. The average molecular weight is 560 g/mol. The standard InChI is InChI=1S/C23H33N3O11S/c1-7-12-11(8(2)27)20(32)26(12)13(18(7)38-9-5-10(24-6-9)19(31)25(3)4)22(35)37-23-16(30)14(28)15(29)17(36-23)21(33)34/h7-12,14-17,23-24,27-30H,5-6H2,1-4H3,(H,33,34)/t7-,8-,9+,10+,11-,12-,14?,15?,16?,17?,23?/m1/s1. The maximum Gasteiger partial charge on any atom is 0.358 e. The van der Waals surface area contributed by atoms with E-state index in [1.54, 1.807) is 21.0 Å². The van der Waals surface area contributed by atoms with E-state index < -0.39 is 72.7 Å². The Hall–Kier alpha value is -2.27. The zero-order chi connectivity index (χ0) is 28.2. The van der Waals surface area contributed by atoms with Gasteiger partial charge in [-0.3, -0.25) is 9.59 Å². The van der Waals surface area contributed by atoms with Gasteiger partial charge in [-0.15, -0.1) is 11.8 Å². The van der Waals surface area contributed by atoms with Gasteiger partial charge in [0.15, 0.2) is 6.10 Å². The summed E-state index contributed by atoms with van der Waals surface area (Å²) in [7, 11) is 3.30. The molecule has 0 aromatic carbocycles. The Balaban J connectivity index is 1.59. The van der Waals surface area contributed by atoms with E-state index in [1.165, 1.54) is 28.5 Å². The fourth-order valence-corrected chi connectivity index (χ4v) is 6.93. The van der Waals surface area contributed by atoms with Gasteiger partial charge in [0.25, 0.3) is 0 Å². The van der Waals surface area contributed by atoms with Gasteiger partial charge >= 0.3 is 11.9 Å². The Bertz CT molecular complexity index is 1040. The van der Waals surface area contributed by atoms with Gasteiger partial charge in [-0.25, -0.2) is 9.59 Å². The first-order chi connectivity index (χ1) is 17.8. The Labute approximate surface area is 222 Å². The highest BCUT2D eigenvalue weighted by molar-refractivity contribution is 8.03. The highest BCUT2D eigenvalue weighted by atomic mass is 32.2. The first kappa shape index (κ1) is 28.7. The smallest absolute Gasteiger partial charge is 0.358 e. The number of rotatable bonds is 7. The summed E-state index contributed by atoms with van der Waals surface area (Å²) in [4.78, 5) is 53.4. The molecule has 5 unspecified atom stereocenters. The molecule has 0 spiro atoms. The molecule has 0 aromatic rings. The molecule has 212 valence electrons. The fourth-order valence-electron chi connectivity index (χ4n) is 5.45. The number of carboxylic acids is 1. The third-order valence-corrected chi connectivity index (χ3v) is 8.97. The second-order valence-electron chi connectivity index (χ2n) is 10.3. The zero-order valence-electron chi connectivity index (χ0n) is 21.3. The van der Waals surface area contributed by atoms with Crippen molar-refractivity contribution in [3.05, 3.63) is 10.6 Å². The van der Waals surface area contributed by atoms with Crippen molar-refractivity contribution in [1.82, 2.24) is 15.1 Å². The number of β-lactam (4-membered cyclic amide) rings is 1. The van der Waals surface area contributed by atoms with Crippen LogP contribution in [0.4, 0.5) is 0 Å². The van der Waals surface area contributed by atoms with E-state index in [4.69, 9.17) is 9.47 Å². The number of ether oxygens (including phenoxy) is 2. The zero-order valence-corrected chi connectivity index (χ0v) is 22.1. The molecule has 4 aliphatic heterocycles. The molecular weight excluding hydrogens is 526 g/mol. The summed E-state index contributed by atoms with van der Waals surface area (Å²) in [5, 5.41) is 52.7. The van der Waals surface area contributed by atoms with Crippen molar-refractivity contribution >= 4 is 35.5 Å². The van der Waals surface area contributed by atoms with Gasteiger partial charge < -0.3 is 50.1 Å². The third-order valence-electron chi connectivity index (χ3n) is 7.46. The lowest BCUT2D eigenvalue weighted by Gasteiger charge is -2.46. The molecule has 4 aliphatic rings. The van der Waals surface area contributed by atoms with Gasteiger partial charge in [0.1, 0.15) is 24.0 Å². The van der Waals surface area contributed by atoms with Crippen LogP contribution in [0.25, 0.3) is 0 Å². The number of likely N-dealkylation sites (N-methyl/N-ethyl adjacent to an activating group) is 1. The number of esters is 1. The van der Waals surface area contributed by atoms with Crippen LogP contribution in [0, 0.1) is 11.8 Å². The van der Waals surface area contributed by atoms with E-state index in [1.807, 2.05) is 0 Å². The van der Waals surface area contributed by atoms with Crippen LogP contribution >= 0.6 is 11.8 Å². The molecule has 0 aliphatic carbocycles. The normalized spacial score (nSPS) is 39.5. The van der Waals surface area contributed by atoms with Gasteiger partial charge in [-0.2, -0.15) is 0 Å². The average Bonchev–Trinajstić information content (AvgIpc) is 3.40. The Kier molecular flexibility index (Phi) is 8.10. The molecule has 2 amide bonds. The van der Waals surface area contributed by atoms with Crippen LogP contribution in [-0.2, 0) is 28.7 Å². The van der Waals surface area contributed by atoms with Crippen molar-refractivity contribution in [2.24, 2.45) is 11.8 Å². The van der Waals surface area contributed by atoms with Gasteiger partial charge in [-0.05, 0) is 13.3 Å². The fraction of sp³-hybridized carbons (Fsp3) is 0.739. The molecule has 3 fully saturated rings. The van der Waals surface area contributed by atoms with Crippen LogP contribution in [0.2, 0.25) is 0 Å². The van der Waals surface area contributed by atoms with E-state index in [0.717, 1.165) is 0 Å². The second-order valence-corrected chi connectivity index (χ2v) is 11.6. The summed E-state index contributed by atoms with van der Waals surface area (Å²) in [6.07, 6.45) is -10.3. The molecule has 0 aromatic heterocycles. The number of carbonyl (C=O) groups excluding carboxylic acids is 3. The Morgan fingerprint density at radius 2 is 1.84 bits per heavy atom. The maximum atomic E-state index is 13.4. The van der Waals surface area contributed by atoms with Crippen molar-refractivity contribution in [3.8, 4) is 0 Å². The number of hydrogen-bond acceptors (Lipinski definition) is 12. The number of hydrogen-bond donors (Lipinski definition) is 6. The number of aliphatic hydroxyl groups excluding tert-OH is 4. The Morgan fingerprint density at radius 1 is 1.18 bits per heavy atom. The molecule has 3 saturated heterocycles. The predicted molar refractivity (Wildman–Crippen MR) is 129 cm³/mol. The highest BCUT2D eigenvalue weighted by Gasteiger charge is 2.61. The molecule has 15 heteroatoms. The first-order valence-electron chi connectivity index (χ1n) is 12.3. The monoisotopic (exact) mass is 559 g/mol. The number of nitrogens with one attached hydrogen (secondary N) is 1. The molecule has 0 radical (unpaired) electrons. The molecule has 0 saturated carbocycles. The predicted octanol–water partition coefficient (Wildman–Crippen LogP) is -2.96. The summed E-state index contributed by atoms with van der Waals surface area (Å²) in [5.74, 6) is -4.44. The summed E-state index contributed by atoms with van der Waals surface area (Å²) < 4.78 is 10.3. The molecular formula is C23H33N3O11S. The molecule has 0 bridgehead atoms. The number of aliphatic carboxylic acids is 1. The molecule has 14 nitrogen and oxygen atoms in total. The molecule has 11 atom stereocenters. The Morgan fingerprint density at radius 3 is 2.42 bits per heavy atom. The lowest BCUT2D eigenvalue weighted by Crippen LogP contribution is -2.64. The van der Waals surface area contributed by atoms with Crippen molar-refractivity contribution in [2.75, 3.05) is 20.6 Å². The van der Waals surface area contributed by atoms with E-state index >= 15 is 0 Å². The molecule has 38 heavy (non-hydrogen) atoms. The number of nitrogens with zero attached hydrogens (tertiary/aromatic N) is 2. The number of amides is 2. The lowest BCUT2D eigenvalue weighted by atomic mass is 9.79. The van der Waals surface area contributed by atoms with Crippen molar-refractivity contribution in [3.63, 3.8) is 0 Å². The maximum absolute atomic E-state index is 13.4. The largest absolute Gasteiger partial charge is 0.479 e. The van der Waals surface area contributed by atoms with Crippen LogP contribution in [0.15, 0.2) is 10.6 Å². The second kappa shape index (κ2) is 10.7. The van der Waals surface area contributed by atoms with Gasteiger partial charge in [-0.1, -0.05) is 6.92 Å². The third kappa shape index (κ3) is 4.80. The number of thioether (sulfide) groups is 1. The minimum Gasteiger partial charge on any atom is -0.479 e. The summed E-state index contributed by atoms with van der Waals surface area (Å²) in [5.41, 5.74) is -0.125. The van der Waals surface area contributed by atoms with Gasteiger partial charge in [0.2, 0.25) is 18.1 Å². The minimum absolute atomic E-state index is 0.0912. The van der Waals surface area contributed by atoms with Gasteiger partial charge in [0.05, 0.1) is 24.1 Å². The van der Waals surface area contributed by atoms with Crippen LogP contribution in [-0.4, -0.2) is 134 Å². The quantitative estimate of drug-likeness (QED) is 0.136. The van der Waals surface area contributed by atoms with E-state index in [-0.39, 0.29) is 22.8 Å². The van der Waals surface area contributed by atoms with E-state index in [9.17, 15) is 44.7 Å². The van der Waals surface area contributed by atoms with Gasteiger partial charge in [0, 0.05) is 36.7 Å². The summed E-state index contributed by atoms with van der Waals surface area (Å²) >= 11 is 1.31. The van der Waals surface area contributed by atoms with E-state index in [0.29, 0.717) is 17.9 Å². The van der Waals surface area contributed by atoms with Crippen LogP contribution < -0.4 is 5.32 Å².